The molecule has 0 spiro atoms. The van der Waals surface area contributed by atoms with E-state index in [4.69, 9.17) is 32.7 Å². The van der Waals surface area contributed by atoms with Crippen LogP contribution in [0, 0.1) is 0 Å². The maximum atomic E-state index is 12.7. The molecule has 0 unspecified atom stereocenters. The van der Waals surface area contributed by atoms with Crippen LogP contribution in [0.4, 0.5) is 11.4 Å². The van der Waals surface area contributed by atoms with E-state index in [1.165, 1.54) is 17.8 Å². The van der Waals surface area contributed by atoms with Gasteiger partial charge in [0.05, 0.1) is 15.8 Å². The summed E-state index contributed by atoms with van der Waals surface area (Å²) >= 11 is 13.5. The number of benzene rings is 3. The van der Waals surface area contributed by atoms with Crippen molar-refractivity contribution in [3.63, 3.8) is 0 Å². The van der Waals surface area contributed by atoms with Gasteiger partial charge in [0.2, 0.25) is 12.7 Å². The van der Waals surface area contributed by atoms with E-state index in [2.05, 4.69) is 5.32 Å². The zero-order valence-electron chi connectivity index (χ0n) is 16.5. The monoisotopic (exact) mass is 486 g/mol. The number of hydrogen-bond acceptors (Lipinski definition) is 5. The molecule has 3 aromatic rings. The molecule has 1 atom stereocenters. The number of hydrogen-bond donors (Lipinski definition) is 1. The molecular formula is C23H16Cl2N2O4S. The van der Waals surface area contributed by atoms with Gasteiger partial charge in [-0.3, -0.25) is 14.5 Å². The number of nitrogens with zero attached hydrogens (tertiary/aromatic N) is 1. The van der Waals surface area contributed by atoms with E-state index in [0.717, 1.165) is 11.3 Å². The zero-order valence-corrected chi connectivity index (χ0v) is 18.8. The van der Waals surface area contributed by atoms with Crippen molar-refractivity contribution < 1.29 is 19.1 Å². The fourth-order valence-corrected chi connectivity index (χ4v) is 5.06. The molecular weight excluding hydrogens is 471 g/mol. The van der Waals surface area contributed by atoms with Gasteiger partial charge >= 0.3 is 0 Å². The van der Waals surface area contributed by atoms with Gasteiger partial charge in [0.1, 0.15) is 5.37 Å². The summed E-state index contributed by atoms with van der Waals surface area (Å²) in [6, 6.07) is 17.6. The van der Waals surface area contributed by atoms with E-state index >= 15 is 0 Å². The number of nitrogens with one attached hydrogen (secondary N) is 1. The Kier molecular flexibility index (Phi) is 5.63. The molecule has 1 N–H and O–H groups in total. The highest BCUT2D eigenvalue weighted by atomic mass is 35.5. The predicted molar refractivity (Wildman–Crippen MR) is 126 cm³/mol. The van der Waals surface area contributed by atoms with E-state index in [9.17, 15) is 9.59 Å². The van der Waals surface area contributed by atoms with Gasteiger partial charge in [-0.2, -0.15) is 0 Å². The third-order valence-corrected chi connectivity index (χ3v) is 7.07. The Bertz CT molecular complexity index is 1240. The Morgan fingerprint density at radius 3 is 2.69 bits per heavy atom. The summed E-state index contributed by atoms with van der Waals surface area (Å²) in [4.78, 5) is 27.1. The first-order chi connectivity index (χ1) is 15.5. The molecule has 32 heavy (non-hydrogen) atoms. The van der Waals surface area contributed by atoms with Crippen LogP contribution in [-0.2, 0) is 4.79 Å². The molecule has 9 heteroatoms. The average molecular weight is 487 g/mol. The van der Waals surface area contributed by atoms with Crippen molar-refractivity contribution in [2.75, 3.05) is 22.8 Å². The minimum absolute atomic E-state index is 0.00381. The fraction of sp³-hybridized carbons (Fsp3) is 0.130. The number of amides is 2. The summed E-state index contributed by atoms with van der Waals surface area (Å²) in [5.74, 6) is 1.34. The summed E-state index contributed by atoms with van der Waals surface area (Å²) in [7, 11) is 0. The van der Waals surface area contributed by atoms with Gasteiger partial charge in [-0.05, 0) is 48.0 Å². The van der Waals surface area contributed by atoms with Crippen LogP contribution in [0.3, 0.4) is 0 Å². The number of anilines is 2. The lowest BCUT2D eigenvalue weighted by atomic mass is 10.1. The maximum Gasteiger partial charge on any atom is 0.255 e. The normalized spacial score (nSPS) is 17.0. The molecule has 0 saturated carbocycles. The average Bonchev–Trinajstić information content (AvgIpc) is 3.41. The first kappa shape index (κ1) is 21.0. The van der Waals surface area contributed by atoms with Crippen LogP contribution >= 0.6 is 35.0 Å². The molecule has 5 rings (SSSR count). The quantitative estimate of drug-likeness (QED) is 0.508. The van der Waals surface area contributed by atoms with Crippen molar-refractivity contribution >= 4 is 58.2 Å². The van der Waals surface area contributed by atoms with Crippen molar-refractivity contribution in [1.82, 2.24) is 0 Å². The summed E-state index contributed by atoms with van der Waals surface area (Å²) in [5.41, 5.74) is 2.64. The van der Waals surface area contributed by atoms with Crippen molar-refractivity contribution in [2.45, 2.75) is 5.37 Å². The van der Waals surface area contributed by atoms with Gasteiger partial charge in [0.15, 0.2) is 11.5 Å². The van der Waals surface area contributed by atoms with Gasteiger partial charge in [-0.1, -0.05) is 35.3 Å². The maximum absolute atomic E-state index is 12.7. The Balaban J connectivity index is 1.40. The van der Waals surface area contributed by atoms with Gasteiger partial charge < -0.3 is 14.8 Å². The second kappa shape index (κ2) is 8.58. The molecule has 0 radical (unpaired) electrons. The first-order valence-electron chi connectivity index (χ1n) is 9.69. The van der Waals surface area contributed by atoms with Crippen LogP contribution in [0.25, 0.3) is 0 Å². The number of carbonyl (C=O) groups is 2. The number of halogens is 2. The largest absolute Gasteiger partial charge is 0.454 e. The summed E-state index contributed by atoms with van der Waals surface area (Å²) < 4.78 is 10.8. The van der Waals surface area contributed by atoms with Gasteiger partial charge in [0.25, 0.3) is 5.91 Å². The second-order valence-electron chi connectivity index (χ2n) is 7.17. The van der Waals surface area contributed by atoms with Crippen LogP contribution in [0.1, 0.15) is 21.3 Å². The number of carbonyl (C=O) groups excluding carboxylic acids is 2. The second-order valence-corrected chi connectivity index (χ2v) is 9.06. The standard InChI is InChI=1S/C23H16Cl2N2O4S/c24-17-6-4-13(9-18(17)25)22(29)26-15-3-1-2-14(8-15)23-27(21(28)11-32-23)16-5-7-19-20(10-16)31-12-30-19/h1-10,23H,11-12H2,(H,26,29)/t23-/m0/s1. The van der Waals surface area contributed by atoms with E-state index in [0.29, 0.717) is 38.5 Å². The molecule has 0 bridgehead atoms. The van der Waals surface area contributed by atoms with Crippen LogP contribution in [-0.4, -0.2) is 24.4 Å². The first-order valence-corrected chi connectivity index (χ1v) is 11.5. The topological polar surface area (TPSA) is 67.9 Å². The molecule has 6 nitrogen and oxygen atoms in total. The number of fused-ring (bicyclic) bond motifs is 1. The highest BCUT2D eigenvalue weighted by Gasteiger charge is 2.35. The van der Waals surface area contributed by atoms with Gasteiger partial charge in [-0.25, -0.2) is 0 Å². The molecule has 0 aromatic heterocycles. The molecule has 162 valence electrons. The highest BCUT2D eigenvalue weighted by molar-refractivity contribution is 8.00. The van der Waals surface area contributed by atoms with Crippen LogP contribution in [0.2, 0.25) is 10.0 Å². The highest BCUT2D eigenvalue weighted by Crippen LogP contribution is 2.45. The lowest BCUT2D eigenvalue weighted by Crippen LogP contribution is -2.27. The summed E-state index contributed by atoms with van der Waals surface area (Å²) in [6.45, 7) is 0.172. The molecule has 2 heterocycles. The molecule has 0 aliphatic carbocycles. The summed E-state index contributed by atoms with van der Waals surface area (Å²) in [6.07, 6.45) is 0. The number of rotatable bonds is 4. The van der Waals surface area contributed by atoms with Crippen LogP contribution < -0.4 is 19.7 Å². The SMILES string of the molecule is O=C(Nc1cccc([C@@H]2SCC(=O)N2c2ccc3c(c2)OCO3)c1)c1ccc(Cl)c(Cl)c1. The van der Waals surface area contributed by atoms with E-state index < -0.39 is 0 Å². The number of ether oxygens (including phenoxy) is 2. The fourth-order valence-electron chi connectivity index (χ4n) is 3.60. The van der Waals surface area contributed by atoms with Crippen molar-refractivity contribution in [3.8, 4) is 11.5 Å². The minimum Gasteiger partial charge on any atom is -0.454 e. The predicted octanol–water partition coefficient (Wildman–Crippen LogP) is 5.75. The lowest BCUT2D eigenvalue weighted by Gasteiger charge is -2.25. The van der Waals surface area contributed by atoms with Crippen molar-refractivity contribution in [3.05, 3.63) is 81.8 Å². The Morgan fingerprint density at radius 1 is 1.00 bits per heavy atom. The Morgan fingerprint density at radius 2 is 1.84 bits per heavy atom. The number of thioether (sulfide) groups is 1. The van der Waals surface area contributed by atoms with Crippen LogP contribution in [0.15, 0.2) is 60.7 Å². The van der Waals surface area contributed by atoms with Crippen molar-refractivity contribution in [2.24, 2.45) is 0 Å². The molecule has 1 fully saturated rings. The Labute approximate surface area is 198 Å². The third-order valence-electron chi connectivity index (χ3n) is 5.11. The molecule has 3 aromatic carbocycles. The molecule has 2 amide bonds. The van der Waals surface area contributed by atoms with Crippen LogP contribution in [0.5, 0.6) is 11.5 Å². The van der Waals surface area contributed by atoms with Crippen molar-refractivity contribution in [1.29, 1.82) is 0 Å². The third kappa shape index (κ3) is 3.99. The molecule has 2 aliphatic heterocycles. The van der Waals surface area contributed by atoms with E-state index in [1.807, 2.05) is 30.3 Å². The smallest absolute Gasteiger partial charge is 0.255 e. The van der Waals surface area contributed by atoms with Gasteiger partial charge in [0, 0.05) is 23.0 Å². The zero-order chi connectivity index (χ0) is 22.2. The Hall–Kier alpha value is -2.87. The molecule has 2 aliphatic rings. The molecule has 1 saturated heterocycles. The van der Waals surface area contributed by atoms with E-state index in [1.54, 1.807) is 29.2 Å². The minimum atomic E-state index is -0.302. The van der Waals surface area contributed by atoms with Gasteiger partial charge in [-0.15, -0.1) is 11.8 Å². The lowest BCUT2D eigenvalue weighted by molar-refractivity contribution is -0.115. The van der Waals surface area contributed by atoms with E-state index in [-0.39, 0.29) is 24.0 Å². The summed E-state index contributed by atoms with van der Waals surface area (Å²) in [5, 5.41) is 3.35.